The van der Waals surface area contributed by atoms with E-state index in [9.17, 15) is 0 Å². The number of para-hydroxylation sites is 2. The molecule has 0 aliphatic heterocycles. The third-order valence-corrected chi connectivity index (χ3v) is 11.0. The summed E-state index contributed by atoms with van der Waals surface area (Å²) in [5, 5.41) is 9.14. The Balaban J connectivity index is 1.01. The standard InChI is InChI=1S/C48H28N6/c1-3-11-41-37(9-1)39-25-31(17-19-43(39)53(41)35-23-33-15-13-29-7-5-21-49-45(29)47(33)51-27-35)32-18-20-44-40(26-32)38-10-2-4-12-42(38)54(44)36-24-34-16-14-30-8-6-22-50-46(30)48(34)52-28-36/h1-28H. The van der Waals surface area contributed by atoms with Gasteiger partial charge in [0.15, 0.2) is 0 Å². The lowest BCUT2D eigenvalue weighted by Crippen LogP contribution is -1.96. The van der Waals surface area contributed by atoms with Gasteiger partial charge in [0, 0.05) is 55.5 Å². The molecule has 250 valence electrons. The Morgan fingerprint density at radius 3 is 1.24 bits per heavy atom. The summed E-state index contributed by atoms with van der Waals surface area (Å²) in [5.41, 5.74) is 12.7. The summed E-state index contributed by atoms with van der Waals surface area (Å²) >= 11 is 0. The van der Waals surface area contributed by atoms with E-state index in [4.69, 9.17) is 9.97 Å². The number of rotatable bonds is 3. The van der Waals surface area contributed by atoms with Crippen LogP contribution in [0.15, 0.2) is 170 Å². The van der Waals surface area contributed by atoms with Gasteiger partial charge in [0.2, 0.25) is 0 Å². The molecule has 0 amide bonds. The van der Waals surface area contributed by atoms with Crippen LogP contribution in [0, 0.1) is 0 Å². The molecule has 12 aromatic rings. The van der Waals surface area contributed by atoms with Gasteiger partial charge < -0.3 is 9.13 Å². The molecule has 6 heteroatoms. The molecule has 6 nitrogen and oxygen atoms in total. The highest BCUT2D eigenvalue weighted by atomic mass is 15.0. The summed E-state index contributed by atoms with van der Waals surface area (Å²) in [7, 11) is 0. The number of hydrogen-bond acceptors (Lipinski definition) is 4. The maximum Gasteiger partial charge on any atom is 0.0966 e. The van der Waals surface area contributed by atoms with Crippen molar-refractivity contribution in [2.24, 2.45) is 0 Å². The highest BCUT2D eigenvalue weighted by Gasteiger charge is 2.17. The molecule has 0 aliphatic carbocycles. The van der Waals surface area contributed by atoms with E-state index in [1.807, 2.05) is 36.9 Å². The zero-order chi connectivity index (χ0) is 35.3. The maximum absolute atomic E-state index is 4.96. The van der Waals surface area contributed by atoms with Gasteiger partial charge in [0.25, 0.3) is 0 Å². The van der Waals surface area contributed by atoms with E-state index in [2.05, 4.69) is 153 Å². The van der Waals surface area contributed by atoms with E-state index < -0.39 is 0 Å². The van der Waals surface area contributed by atoms with Crippen molar-refractivity contribution < 1.29 is 0 Å². The van der Waals surface area contributed by atoms with Crippen molar-refractivity contribution in [1.82, 2.24) is 29.1 Å². The molecular weight excluding hydrogens is 661 g/mol. The molecule has 0 radical (unpaired) electrons. The van der Waals surface area contributed by atoms with Crippen LogP contribution < -0.4 is 0 Å². The molecular formula is C48H28N6. The lowest BCUT2D eigenvalue weighted by atomic mass is 10.0. The van der Waals surface area contributed by atoms with Crippen LogP contribution in [0.2, 0.25) is 0 Å². The van der Waals surface area contributed by atoms with Gasteiger partial charge in [-0.3, -0.25) is 19.9 Å². The van der Waals surface area contributed by atoms with Gasteiger partial charge in [0.05, 0.1) is 67.9 Å². The van der Waals surface area contributed by atoms with Crippen LogP contribution in [-0.4, -0.2) is 29.1 Å². The predicted molar refractivity (Wildman–Crippen MR) is 222 cm³/mol. The summed E-state index contributed by atoms with van der Waals surface area (Å²) < 4.78 is 4.66. The molecule has 0 saturated heterocycles. The first-order valence-electron chi connectivity index (χ1n) is 18.1. The van der Waals surface area contributed by atoms with E-state index in [-0.39, 0.29) is 0 Å². The molecule has 0 N–H and O–H groups in total. The molecule has 6 aromatic heterocycles. The van der Waals surface area contributed by atoms with Crippen molar-refractivity contribution in [3.05, 3.63) is 170 Å². The Kier molecular flexibility index (Phi) is 5.96. The van der Waals surface area contributed by atoms with Crippen molar-refractivity contribution in [3.63, 3.8) is 0 Å². The predicted octanol–water partition coefficient (Wildman–Crippen LogP) is 11.7. The van der Waals surface area contributed by atoms with Gasteiger partial charge in [-0.15, -0.1) is 0 Å². The molecule has 0 fully saturated rings. The molecule has 0 spiro atoms. The Bertz CT molecular complexity index is 3290. The highest BCUT2D eigenvalue weighted by molar-refractivity contribution is 6.13. The van der Waals surface area contributed by atoms with E-state index in [1.165, 1.54) is 32.7 Å². The summed E-state index contributed by atoms with van der Waals surface area (Å²) in [6.45, 7) is 0. The van der Waals surface area contributed by atoms with Crippen molar-refractivity contribution in [1.29, 1.82) is 0 Å². The van der Waals surface area contributed by atoms with Gasteiger partial charge >= 0.3 is 0 Å². The number of aromatic nitrogens is 6. The van der Waals surface area contributed by atoms with Crippen molar-refractivity contribution in [2.75, 3.05) is 0 Å². The smallest absolute Gasteiger partial charge is 0.0966 e. The second-order valence-electron chi connectivity index (χ2n) is 14.0. The molecule has 0 saturated carbocycles. The SMILES string of the molecule is c1cnc2c(c1)ccc1cc(-n3c4ccccc4c4cc(-c5ccc6c(c5)c5ccccc5n6-c5cnc6c(ccc7cccnc76)c5)ccc43)cnc12. The molecule has 0 aliphatic rings. The minimum absolute atomic E-state index is 0.916. The average Bonchev–Trinajstić information content (AvgIpc) is 3.75. The van der Waals surface area contributed by atoms with Gasteiger partial charge in [-0.25, -0.2) is 0 Å². The largest absolute Gasteiger partial charge is 0.308 e. The lowest BCUT2D eigenvalue weighted by molar-refractivity contribution is 1.16. The zero-order valence-corrected chi connectivity index (χ0v) is 28.8. The second kappa shape index (κ2) is 11.0. The van der Waals surface area contributed by atoms with Crippen LogP contribution in [-0.2, 0) is 0 Å². The Hall–Kier alpha value is -7.44. The first-order valence-corrected chi connectivity index (χ1v) is 18.1. The number of hydrogen-bond donors (Lipinski definition) is 0. The average molecular weight is 689 g/mol. The lowest BCUT2D eigenvalue weighted by Gasteiger charge is -2.11. The highest BCUT2D eigenvalue weighted by Crippen LogP contribution is 2.39. The fourth-order valence-corrected chi connectivity index (χ4v) is 8.56. The fraction of sp³-hybridized carbons (Fsp3) is 0. The third kappa shape index (κ3) is 4.16. The van der Waals surface area contributed by atoms with E-state index in [0.29, 0.717) is 0 Å². The van der Waals surface area contributed by atoms with Crippen molar-refractivity contribution in [3.8, 4) is 22.5 Å². The summed E-state index contributed by atoms with van der Waals surface area (Å²) in [4.78, 5) is 19.2. The third-order valence-electron chi connectivity index (χ3n) is 11.0. The van der Waals surface area contributed by atoms with E-state index in [0.717, 1.165) is 77.1 Å². The van der Waals surface area contributed by atoms with Crippen molar-refractivity contribution in [2.45, 2.75) is 0 Å². The molecule has 6 heterocycles. The van der Waals surface area contributed by atoms with Crippen LogP contribution >= 0.6 is 0 Å². The van der Waals surface area contributed by atoms with Gasteiger partial charge in [0.1, 0.15) is 0 Å². The Labute approximate surface area is 308 Å². The topological polar surface area (TPSA) is 61.4 Å². The monoisotopic (exact) mass is 688 g/mol. The summed E-state index contributed by atoms with van der Waals surface area (Å²) in [6.07, 6.45) is 7.62. The quantitative estimate of drug-likeness (QED) is 0.173. The first-order chi connectivity index (χ1) is 26.8. The maximum atomic E-state index is 4.96. The Morgan fingerprint density at radius 1 is 0.315 bits per heavy atom. The van der Waals surface area contributed by atoms with Crippen LogP contribution in [0.4, 0.5) is 0 Å². The molecule has 6 aromatic carbocycles. The van der Waals surface area contributed by atoms with Crippen LogP contribution in [0.5, 0.6) is 0 Å². The van der Waals surface area contributed by atoms with Crippen molar-refractivity contribution >= 4 is 87.2 Å². The van der Waals surface area contributed by atoms with Crippen LogP contribution in [0.3, 0.4) is 0 Å². The summed E-state index contributed by atoms with van der Waals surface area (Å²) in [5.74, 6) is 0. The minimum Gasteiger partial charge on any atom is -0.308 e. The Morgan fingerprint density at radius 2 is 0.741 bits per heavy atom. The van der Waals surface area contributed by atoms with Crippen LogP contribution in [0.1, 0.15) is 0 Å². The minimum atomic E-state index is 0.916. The van der Waals surface area contributed by atoms with Crippen LogP contribution in [0.25, 0.3) is 110 Å². The number of fused-ring (bicyclic) bond motifs is 12. The number of benzene rings is 6. The summed E-state index contributed by atoms with van der Waals surface area (Å²) in [6, 6.07) is 52.1. The zero-order valence-electron chi connectivity index (χ0n) is 28.8. The fourth-order valence-electron chi connectivity index (χ4n) is 8.56. The molecule has 0 unspecified atom stereocenters. The first kappa shape index (κ1) is 29.2. The van der Waals surface area contributed by atoms with E-state index >= 15 is 0 Å². The van der Waals surface area contributed by atoms with Gasteiger partial charge in [-0.05, 0) is 71.8 Å². The number of pyridine rings is 4. The van der Waals surface area contributed by atoms with E-state index in [1.54, 1.807) is 0 Å². The van der Waals surface area contributed by atoms with Gasteiger partial charge in [-0.2, -0.15) is 0 Å². The molecule has 0 atom stereocenters. The second-order valence-corrected chi connectivity index (χ2v) is 14.0. The molecule has 0 bridgehead atoms. The molecule has 12 rings (SSSR count). The molecule has 54 heavy (non-hydrogen) atoms. The van der Waals surface area contributed by atoms with Gasteiger partial charge in [-0.1, -0.05) is 84.9 Å². The normalized spacial score (nSPS) is 12.1. The number of nitrogens with zero attached hydrogens (tertiary/aromatic N) is 6.